The fraction of sp³-hybridized carbons (Fsp3) is 0.414. The first-order chi connectivity index (χ1) is 17.6. The Morgan fingerprint density at radius 2 is 1.81 bits per heavy atom. The van der Waals surface area contributed by atoms with Crippen molar-refractivity contribution in [3.8, 4) is 11.4 Å². The van der Waals surface area contributed by atoms with Crippen molar-refractivity contribution in [3.05, 3.63) is 65.5 Å². The Kier molecular flexibility index (Phi) is 7.47. The number of aromatic amines is 1. The van der Waals surface area contributed by atoms with Crippen LogP contribution >= 0.6 is 0 Å². The minimum Gasteiger partial charge on any atom is -0.377 e. The first-order valence-corrected chi connectivity index (χ1v) is 13.0. The number of amides is 2. The highest BCUT2D eigenvalue weighted by molar-refractivity contribution is 5.97. The summed E-state index contributed by atoms with van der Waals surface area (Å²) < 4.78 is 5.30. The molecular weight excluding hydrogens is 452 g/mol. The van der Waals surface area contributed by atoms with Gasteiger partial charge in [-0.1, -0.05) is 50.0 Å². The van der Waals surface area contributed by atoms with Gasteiger partial charge >= 0.3 is 0 Å². The van der Waals surface area contributed by atoms with E-state index in [0.29, 0.717) is 18.4 Å². The summed E-state index contributed by atoms with van der Waals surface area (Å²) in [6.45, 7) is 0. The number of aromatic nitrogens is 2. The smallest absolute Gasteiger partial charge is 0.251 e. The van der Waals surface area contributed by atoms with Gasteiger partial charge in [0.15, 0.2) is 0 Å². The lowest BCUT2D eigenvalue weighted by molar-refractivity contribution is -0.120. The maximum Gasteiger partial charge on any atom is 0.251 e. The van der Waals surface area contributed by atoms with E-state index in [9.17, 15) is 9.59 Å². The van der Waals surface area contributed by atoms with Crippen molar-refractivity contribution in [1.29, 1.82) is 0 Å². The Morgan fingerprint density at radius 3 is 2.50 bits per heavy atom. The molecule has 3 N–H and O–H groups in total. The van der Waals surface area contributed by atoms with Gasteiger partial charge in [0.2, 0.25) is 5.91 Å². The fourth-order valence-corrected chi connectivity index (χ4v) is 5.14. The van der Waals surface area contributed by atoms with E-state index >= 15 is 0 Å². The molecule has 2 atom stereocenters. The normalized spacial score (nSPS) is 21.9. The molecular formula is C29H34N4O3. The van der Waals surface area contributed by atoms with Crippen molar-refractivity contribution in [3.63, 3.8) is 0 Å². The Balaban J connectivity index is 1.18. The summed E-state index contributed by atoms with van der Waals surface area (Å²) >= 11 is 0. The standard InChI is InChI=1S/C29H34N4O3/c1-36-24-15-10-21(11-16-24)29(35)31-23-14-17-25-26(18-23)33-27(32-25)19-8-12-22(13-9-19)30-28(34)20-6-4-2-3-5-7-20/h8-15,17,20,23-24H,2-7,16,18H2,1H3,(H,30,34)(H,31,35)(H,32,33). The quantitative estimate of drug-likeness (QED) is 0.504. The number of hydrogen-bond acceptors (Lipinski definition) is 4. The number of carbonyl (C=O) groups is 2. The van der Waals surface area contributed by atoms with Crippen LogP contribution in [0.15, 0.2) is 54.1 Å². The summed E-state index contributed by atoms with van der Waals surface area (Å²) in [6.07, 6.45) is 17.7. The van der Waals surface area contributed by atoms with Gasteiger partial charge in [-0.3, -0.25) is 9.59 Å². The zero-order valence-corrected chi connectivity index (χ0v) is 20.8. The molecule has 1 heterocycles. The van der Waals surface area contributed by atoms with Gasteiger partial charge in [-0.15, -0.1) is 0 Å². The largest absolute Gasteiger partial charge is 0.377 e. The van der Waals surface area contributed by atoms with E-state index in [2.05, 4.69) is 15.6 Å². The third-order valence-corrected chi connectivity index (χ3v) is 7.31. The van der Waals surface area contributed by atoms with Crippen LogP contribution in [0, 0.1) is 5.92 Å². The number of nitrogens with one attached hydrogen (secondary N) is 3. The molecule has 188 valence electrons. The fourth-order valence-electron chi connectivity index (χ4n) is 5.14. The van der Waals surface area contributed by atoms with Crippen molar-refractivity contribution in [2.75, 3.05) is 12.4 Å². The summed E-state index contributed by atoms with van der Waals surface area (Å²) in [7, 11) is 1.67. The Bertz CT molecular complexity index is 1180. The lowest BCUT2D eigenvalue weighted by Crippen LogP contribution is -2.37. The molecule has 0 bridgehead atoms. The number of anilines is 1. The summed E-state index contributed by atoms with van der Waals surface area (Å²) in [5, 5.41) is 6.18. The van der Waals surface area contributed by atoms with Crippen LogP contribution in [0.25, 0.3) is 17.5 Å². The number of ether oxygens (including phenoxy) is 1. The molecule has 1 fully saturated rings. The van der Waals surface area contributed by atoms with Gasteiger partial charge in [0.1, 0.15) is 5.82 Å². The van der Waals surface area contributed by atoms with Gasteiger partial charge in [-0.05, 0) is 49.6 Å². The molecule has 0 spiro atoms. The Labute approximate surface area is 212 Å². The molecule has 5 rings (SSSR count). The lowest BCUT2D eigenvalue weighted by Gasteiger charge is -2.20. The zero-order valence-electron chi connectivity index (χ0n) is 20.8. The molecule has 1 saturated carbocycles. The van der Waals surface area contributed by atoms with Crippen LogP contribution in [0.5, 0.6) is 0 Å². The van der Waals surface area contributed by atoms with Crippen LogP contribution in [0.3, 0.4) is 0 Å². The van der Waals surface area contributed by atoms with Gasteiger partial charge in [-0.2, -0.15) is 0 Å². The van der Waals surface area contributed by atoms with E-state index in [1.54, 1.807) is 7.11 Å². The van der Waals surface area contributed by atoms with Crippen LogP contribution in [-0.2, 0) is 20.7 Å². The molecule has 2 unspecified atom stereocenters. The van der Waals surface area contributed by atoms with E-state index in [1.165, 1.54) is 12.8 Å². The van der Waals surface area contributed by atoms with Crippen molar-refractivity contribution < 1.29 is 14.3 Å². The molecule has 7 heteroatoms. The summed E-state index contributed by atoms with van der Waals surface area (Å²) in [5.41, 5.74) is 4.32. The maximum atomic E-state index is 12.7. The molecule has 3 aliphatic carbocycles. The minimum absolute atomic E-state index is 0.0360. The molecule has 2 aromatic rings. The SMILES string of the molecule is COC1C=CC(C(=O)NC2C=Cc3nc(-c4ccc(NC(=O)C5CCCCCC5)cc4)[nH]c3C2)=CC1. The van der Waals surface area contributed by atoms with Crippen LogP contribution in [0.4, 0.5) is 5.69 Å². The van der Waals surface area contributed by atoms with E-state index in [1.807, 2.05) is 54.6 Å². The van der Waals surface area contributed by atoms with E-state index in [0.717, 1.165) is 54.1 Å². The highest BCUT2D eigenvalue weighted by Gasteiger charge is 2.22. The number of nitrogens with zero attached hydrogens (tertiary/aromatic N) is 1. The predicted octanol–water partition coefficient (Wildman–Crippen LogP) is 4.94. The van der Waals surface area contributed by atoms with Crippen LogP contribution in [0.2, 0.25) is 0 Å². The third kappa shape index (κ3) is 5.68. The van der Waals surface area contributed by atoms with Crippen LogP contribution in [0.1, 0.15) is 56.3 Å². The average molecular weight is 487 g/mol. The second-order valence-electron chi connectivity index (χ2n) is 9.88. The average Bonchev–Trinajstić information content (AvgIpc) is 3.13. The number of H-pyrrole nitrogens is 1. The van der Waals surface area contributed by atoms with E-state index < -0.39 is 0 Å². The minimum atomic E-state index is -0.102. The number of methoxy groups -OCH3 is 1. The molecule has 36 heavy (non-hydrogen) atoms. The monoisotopic (exact) mass is 486 g/mol. The molecule has 0 saturated heterocycles. The summed E-state index contributed by atoms with van der Waals surface area (Å²) in [4.78, 5) is 33.5. The van der Waals surface area contributed by atoms with Crippen molar-refractivity contribution in [2.45, 2.75) is 63.5 Å². The molecule has 0 radical (unpaired) electrons. The highest BCUT2D eigenvalue weighted by atomic mass is 16.5. The second-order valence-corrected chi connectivity index (χ2v) is 9.88. The van der Waals surface area contributed by atoms with E-state index in [4.69, 9.17) is 9.72 Å². The van der Waals surface area contributed by atoms with Gasteiger partial charge in [0.05, 0.1) is 17.8 Å². The lowest BCUT2D eigenvalue weighted by atomic mass is 9.99. The Morgan fingerprint density at radius 1 is 1.03 bits per heavy atom. The number of benzene rings is 1. The van der Waals surface area contributed by atoms with Gasteiger partial charge in [0.25, 0.3) is 5.91 Å². The van der Waals surface area contributed by atoms with Gasteiger partial charge in [-0.25, -0.2) is 4.98 Å². The highest BCUT2D eigenvalue weighted by Crippen LogP contribution is 2.27. The number of carbonyl (C=O) groups excluding carboxylic acids is 2. The number of fused-ring (bicyclic) bond motifs is 1. The second kappa shape index (κ2) is 11.1. The zero-order chi connectivity index (χ0) is 24.9. The van der Waals surface area contributed by atoms with Gasteiger partial charge < -0.3 is 20.4 Å². The summed E-state index contributed by atoms with van der Waals surface area (Å²) in [5.74, 6) is 0.952. The number of hydrogen-bond donors (Lipinski definition) is 3. The number of rotatable bonds is 6. The molecule has 3 aliphatic rings. The van der Waals surface area contributed by atoms with Crippen molar-refractivity contribution >= 4 is 23.6 Å². The first-order valence-electron chi connectivity index (χ1n) is 13.0. The summed E-state index contributed by atoms with van der Waals surface area (Å²) in [6, 6.07) is 7.72. The molecule has 1 aromatic heterocycles. The Hall–Kier alpha value is -3.45. The first kappa shape index (κ1) is 24.3. The van der Waals surface area contributed by atoms with Crippen LogP contribution in [-0.4, -0.2) is 41.0 Å². The van der Waals surface area contributed by atoms with Crippen molar-refractivity contribution in [2.24, 2.45) is 5.92 Å². The topological polar surface area (TPSA) is 96.1 Å². The van der Waals surface area contributed by atoms with Crippen LogP contribution < -0.4 is 10.6 Å². The van der Waals surface area contributed by atoms with Gasteiger partial charge in [0, 0.05) is 42.0 Å². The number of imidazole rings is 1. The molecule has 1 aromatic carbocycles. The third-order valence-electron chi connectivity index (χ3n) is 7.31. The van der Waals surface area contributed by atoms with Crippen molar-refractivity contribution in [1.82, 2.24) is 15.3 Å². The molecule has 0 aliphatic heterocycles. The molecule has 7 nitrogen and oxygen atoms in total. The van der Waals surface area contributed by atoms with E-state index in [-0.39, 0.29) is 29.9 Å². The molecule has 2 amide bonds. The predicted molar refractivity (Wildman–Crippen MR) is 141 cm³/mol. The maximum absolute atomic E-state index is 12.7.